The van der Waals surface area contributed by atoms with Crippen molar-refractivity contribution in [3.8, 4) is 0 Å². The molecule has 0 spiro atoms. The largest absolute Gasteiger partial charge is 0.349 e. The van der Waals surface area contributed by atoms with Gasteiger partial charge in [-0.15, -0.1) is 0 Å². The maximum absolute atomic E-state index is 13.4. The average Bonchev–Trinajstić information content (AvgIpc) is 3.13. The number of imidazole rings is 1. The van der Waals surface area contributed by atoms with E-state index >= 15 is 0 Å². The number of nitrogens with one attached hydrogen (secondary N) is 2. The molecule has 4 rings (SSSR count). The standard InChI is InChI=1S/C20H23FN6O/c1-26-7-5-23-19(26)18-13-22-4-8-27(18)9-6-24-20(28)17-11-15-10-16(21)3-2-14(15)12-25-17/h2-3,5,7,10-12,18,22H,4,6,8-9,13H2,1H3,(H,24,28). The molecule has 3 aromatic rings. The van der Waals surface area contributed by atoms with Gasteiger partial charge in [0.1, 0.15) is 17.3 Å². The Morgan fingerprint density at radius 3 is 3.04 bits per heavy atom. The number of nitrogens with zero attached hydrogens (tertiary/aromatic N) is 4. The van der Waals surface area contributed by atoms with E-state index in [4.69, 9.17) is 0 Å². The third-order valence-corrected chi connectivity index (χ3v) is 5.11. The second-order valence-electron chi connectivity index (χ2n) is 6.97. The van der Waals surface area contributed by atoms with Gasteiger partial charge < -0.3 is 15.2 Å². The monoisotopic (exact) mass is 382 g/mol. The van der Waals surface area contributed by atoms with Crippen LogP contribution in [0.4, 0.5) is 4.39 Å². The summed E-state index contributed by atoms with van der Waals surface area (Å²) in [6.07, 6.45) is 5.34. The third kappa shape index (κ3) is 3.88. The number of carbonyl (C=O) groups excluding carboxylic acids is 1. The van der Waals surface area contributed by atoms with Crippen LogP contribution in [0.25, 0.3) is 10.8 Å². The quantitative estimate of drug-likeness (QED) is 0.699. The number of rotatable bonds is 5. The maximum Gasteiger partial charge on any atom is 0.269 e. The minimum Gasteiger partial charge on any atom is -0.349 e. The highest BCUT2D eigenvalue weighted by Crippen LogP contribution is 2.19. The second-order valence-corrected chi connectivity index (χ2v) is 6.97. The van der Waals surface area contributed by atoms with Crippen molar-refractivity contribution in [2.75, 3.05) is 32.7 Å². The van der Waals surface area contributed by atoms with Crippen LogP contribution in [0.3, 0.4) is 0 Å². The van der Waals surface area contributed by atoms with E-state index in [-0.39, 0.29) is 17.8 Å². The fourth-order valence-corrected chi connectivity index (χ4v) is 3.61. The van der Waals surface area contributed by atoms with Gasteiger partial charge >= 0.3 is 0 Å². The zero-order valence-electron chi connectivity index (χ0n) is 15.7. The summed E-state index contributed by atoms with van der Waals surface area (Å²) in [5.74, 6) is 0.427. The topological polar surface area (TPSA) is 75.1 Å². The number of aryl methyl sites for hydroxylation is 1. The molecule has 0 aliphatic carbocycles. The van der Waals surface area contributed by atoms with E-state index in [0.717, 1.165) is 30.8 Å². The zero-order valence-corrected chi connectivity index (χ0v) is 15.7. The van der Waals surface area contributed by atoms with Gasteiger partial charge in [0.05, 0.1) is 6.04 Å². The van der Waals surface area contributed by atoms with E-state index < -0.39 is 0 Å². The zero-order chi connectivity index (χ0) is 19.5. The fourth-order valence-electron chi connectivity index (χ4n) is 3.61. The highest BCUT2D eigenvalue weighted by molar-refractivity contribution is 5.96. The number of hydrogen-bond acceptors (Lipinski definition) is 5. The summed E-state index contributed by atoms with van der Waals surface area (Å²) in [6.45, 7) is 3.85. The molecule has 7 nitrogen and oxygen atoms in total. The SMILES string of the molecule is Cn1ccnc1C1CNCCN1CCNC(=O)c1cc2cc(F)ccc2cn1. The Morgan fingerprint density at radius 2 is 2.21 bits per heavy atom. The van der Waals surface area contributed by atoms with Gasteiger partial charge in [-0.1, -0.05) is 0 Å². The van der Waals surface area contributed by atoms with Crippen molar-refractivity contribution >= 4 is 16.7 Å². The molecule has 2 aromatic heterocycles. The van der Waals surface area contributed by atoms with Gasteiger partial charge in [0.2, 0.25) is 0 Å². The lowest BCUT2D eigenvalue weighted by atomic mass is 10.1. The molecule has 8 heteroatoms. The van der Waals surface area contributed by atoms with E-state index in [2.05, 4.69) is 25.5 Å². The predicted octanol–water partition coefficient (Wildman–Crippen LogP) is 1.48. The second kappa shape index (κ2) is 8.04. The molecule has 146 valence electrons. The van der Waals surface area contributed by atoms with E-state index in [1.807, 2.05) is 17.8 Å². The van der Waals surface area contributed by atoms with Crippen LogP contribution >= 0.6 is 0 Å². The highest BCUT2D eigenvalue weighted by Gasteiger charge is 2.26. The van der Waals surface area contributed by atoms with Crippen LogP contribution in [0.2, 0.25) is 0 Å². The summed E-state index contributed by atoms with van der Waals surface area (Å²) in [5.41, 5.74) is 0.291. The number of hydrogen-bond donors (Lipinski definition) is 2. The molecule has 1 fully saturated rings. The first-order valence-electron chi connectivity index (χ1n) is 9.37. The predicted molar refractivity (Wildman–Crippen MR) is 104 cm³/mol. The summed E-state index contributed by atoms with van der Waals surface area (Å²) in [6, 6.07) is 6.24. The van der Waals surface area contributed by atoms with Crippen LogP contribution in [-0.4, -0.2) is 58.1 Å². The normalized spacial score (nSPS) is 17.7. The van der Waals surface area contributed by atoms with Crippen LogP contribution in [0.1, 0.15) is 22.4 Å². The molecule has 1 aliphatic rings. The molecular formula is C20H23FN6O. The Hall–Kier alpha value is -2.84. The van der Waals surface area contributed by atoms with Crippen molar-refractivity contribution in [3.63, 3.8) is 0 Å². The first kappa shape index (κ1) is 18.5. The fraction of sp³-hybridized carbons (Fsp3) is 0.350. The summed E-state index contributed by atoms with van der Waals surface area (Å²) in [4.78, 5) is 23.5. The van der Waals surface area contributed by atoms with E-state index in [1.54, 1.807) is 24.5 Å². The van der Waals surface area contributed by atoms with Crippen molar-refractivity contribution < 1.29 is 9.18 Å². The highest BCUT2D eigenvalue weighted by atomic mass is 19.1. The lowest BCUT2D eigenvalue weighted by Crippen LogP contribution is -2.49. The molecule has 0 bridgehead atoms. The van der Waals surface area contributed by atoms with Gasteiger partial charge in [0, 0.05) is 63.7 Å². The number of fused-ring (bicyclic) bond motifs is 1. The first-order chi connectivity index (χ1) is 13.6. The number of piperazine rings is 1. The Bertz CT molecular complexity index is 988. The molecule has 28 heavy (non-hydrogen) atoms. The number of benzene rings is 1. The lowest BCUT2D eigenvalue weighted by Gasteiger charge is -2.35. The van der Waals surface area contributed by atoms with Gasteiger partial charge in [-0.05, 0) is 29.7 Å². The van der Waals surface area contributed by atoms with Gasteiger partial charge in [-0.25, -0.2) is 9.37 Å². The van der Waals surface area contributed by atoms with Crippen molar-refractivity contribution in [2.45, 2.75) is 6.04 Å². The minimum absolute atomic E-state index is 0.174. The van der Waals surface area contributed by atoms with Crippen LogP contribution in [0.15, 0.2) is 42.9 Å². The molecule has 1 aromatic carbocycles. The molecule has 1 saturated heterocycles. The number of halogens is 1. The number of carbonyl (C=O) groups is 1. The molecule has 0 radical (unpaired) electrons. The average molecular weight is 382 g/mol. The Balaban J connectivity index is 1.38. The van der Waals surface area contributed by atoms with Crippen LogP contribution in [-0.2, 0) is 7.05 Å². The summed E-state index contributed by atoms with van der Waals surface area (Å²) in [5, 5.41) is 7.79. The van der Waals surface area contributed by atoms with Crippen LogP contribution < -0.4 is 10.6 Å². The molecule has 2 N–H and O–H groups in total. The molecule has 0 saturated carbocycles. The van der Waals surface area contributed by atoms with Crippen LogP contribution in [0, 0.1) is 5.82 Å². The molecule has 1 aliphatic heterocycles. The van der Waals surface area contributed by atoms with Crippen molar-refractivity contribution in [2.24, 2.45) is 7.05 Å². The molecule has 3 heterocycles. The van der Waals surface area contributed by atoms with Gasteiger partial charge in [-0.3, -0.25) is 14.7 Å². The summed E-state index contributed by atoms with van der Waals surface area (Å²) < 4.78 is 15.5. The van der Waals surface area contributed by atoms with E-state index in [9.17, 15) is 9.18 Å². The van der Waals surface area contributed by atoms with E-state index in [1.165, 1.54) is 12.1 Å². The number of amides is 1. The third-order valence-electron chi connectivity index (χ3n) is 5.11. The lowest BCUT2D eigenvalue weighted by molar-refractivity contribution is 0.0932. The van der Waals surface area contributed by atoms with E-state index in [0.29, 0.717) is 24.2 Å². The number of pyridine rings is 1. The molecular weight excluding hydrogens is 359 g/mol. The van der Waals surface area contributed by atoms with Crippen molar-refractivity contribution in [1.29, 1.82) is 0 Å². The Labute approximate surface area is 162 Å². The summed E-state index contributed by atoms with van der Waals surface area (Å²) in [7, 11) is 1.99. The number of aromatic nitrogens is 3. The maximum atomic E-state index is 13.4. The van der Waals surface area contributed by atoms with Gasteiger partial charge in [0.15, 0.2) is 0 Å². The Kier molecular flexibility index (Phi) is 5.31. The minimum atomic E-state index is -0.330. The first-order valence-corrected chi connectivity index (χ1v) is 9.37. The summed E-state index contributed by atoms with van der Waals surface area (Å²) >= 11 is 0. The smallest absolute Gasteiger partial charge is 0.269 e. The Morgan fingerprint density at radius 1 is 1.32 bits per heavy atom. The van der Waals surface area contributed by atoms with Crippen LogP contribution in [0.5, 0.6) is 0 Å². The van der Waals surface area contributed by atoms with Crippen molar-refractivity contribution in [3.05, 3.63) is 60.2 Å². The van der Waals surface area contributed by atoms with Crippen molar-refractivity contribution in [1.82, 2.24) is 30.1 Å². The molecule has 1 amide bonds. The molecule has 1 atom stereocenters. The van der Waals surface area contributed by atoms with Gasteiger partial charge in [0.25, 0.3) is 5.91 Å². The van der Waals surface area contributed by atoms with Gasteiger partial charge in [-0.2, -0.15) is 0 Å². The molecule has 1 unspecified atom stereocenters.